The molecule has 3 aromatic rings. The third-order valence-corrected chi connectivity index (χ3v) is 6.70. The van der Waals surface area contributed by atoms with Crippen LogP contribution in [0.5, 0.6) is 5.75 Å². The van der Waals surface area contributed by atoms with Gasteiger partial charge in [-0.05, 0) is 59.9 Å². The highest BCUT2D eigenvalue weighted by Crippen LogP contribution is 2.48. The summed E-state index contributed by atoms with van der Waals surface area (Å²) in [6.45, 7) is 0. The summed E-state index contributed by atoms with van der Waals surface area (Å²) < 4.78 is 61.2. The molecule has 0 radical (unpaired) electrons. The fraction of sp³-hybridized carbons (Fsp3) is 0.214. The van der Waals surface area contributed by atoms with Crippen LogP contribution >= 0.6 is 0 Å². The number of ether oxygens (including phenoxy) is 1. The molecule has 1 heterocycles. The molecule has 3 aromatic carbocycles. The molecule has 1 amide bonds. The summed E-state index contributed by atoms with van der Waals surface area (Å²) in [6.07, 6.45) is -4.91. The van der Waals surface area contributed by atoms with E-state index in [4.69, 9.17) is 4.74 Å². The average molecular weight is 510 g/mol. The van der Waals surface area contributed by atoms with E-state index in [1.807, 2.05) is 12.1 Å². The topological polar surface area (TPSA) is 58.6 Å². The summed E-state index contributed by atoms with van der Waals surface area (Å²) in [7, 11) is 1.55. The second-order valence-corrected chi connectivity index (χ2v) is 8.97. The van der Waals surface area contributed by atoms with Crippen molar-refractivity contribution in [2.45, 2.75) is 31.0 Å². The van der Waals surface area contributed by atoms with E-state index in [0.29, 0.717) is 22.8 Å². The minimum absolute atomic E-state index is 0.0169. The third kappa shape index (κ3) is 4.57. The van der Waals surface area contributed by atoms with E-state index < -0.39 is 29.7 Å². The summed E-state index contributed by atoms with van der Waals surface area (Å²) in [5, 5.41) is 3.14. The molecule has 2 atom stereocenters. The number of nitrogens with zero attached hydrogens (tertiary/aromatic N) is 1. The van der Waals surface area contributed by atoms with Gasteiger partial charge >= 0.3 is 12.1 Å². The first-order valence-electron chi connectivity index (χ1n) is 11.6. The summed E-state index contributed by atoms with van der Waals surface area (Å²) in [5.74, 6) is -2.86. The molecule has 0 fully saturated rings. The number of para-hydroxylation sites is 2. The lowest BCUT2D eigenvalue weighted by Gasteiger charge is -2.35. The maximum atomic E-state index is 14.3. The van der Waals surface area contributed by atoms with Crippen molar-refractivity contribution >= 4 is 23.1 Å². The Balaban J connectivity index is 1.70. The molecule has 9 heteroatoms. The number of amides is 1. The lowest BCUT2D eigenvalue weighted by Crippen LogP contribution is -2.45. The number of nitrogens with one attached hydrogen (secondary N) is 1. The van der Waals surface area contributed by atoms with Gasteiger partial charge in [0.25, 0.3) is 0 Å². The molecule has 1 aliphatic carbocycles. The normalized spacial score (nSPS) is 19.5. The highest BCUT2D eigenvalue weighted by Gasteiger charge is 2.50. The molecular weight excluding hydrogens is 488 g/mol. The zero-order valence-corrected chi connectivity index (χ0v) is 19.7. The van der Waals surface area contributed by atoms with Gasteiger partial charge in [-0.15, -0.1) is 0 Å². The van der Waals surface area contributed by atoms with Crippen LogP contribution in [0, 0.1) is 5.82 Å². The average Bonchev–Trinajstić information content (AvgIpc) is 3.02. The maximum absolute atomic E-state index is 14.3. The number of halogens is 4. The molecule has 1 N–H and O–H groups in total. The van der Waals surface area contributed by atoms with E-state index in [2.05, 4.69) is 5.32 Å². The molecule has 0 saturated carbocycles. The molecular formula is C28H22F4N2O3. The number of carbonyl (C=O) groups is 2. The Morgan fingerprint density at radius 2 is 1.70 bits per heavy atom. The fourth-order valence-corrected chi connectivity index (χ4v) is 5.05. The molecule has 0 aromatic heterocycles. The number of rotatable bonds is 3. The lowest BCUT2D eigenvalue weighted by molar-refractivity contribution is -0.170. The summed E-state index contributed by atoms with van der Waals surface area (Å²) >= 11 is 0. The van der Waals surface area contributed by atoms with E-state index in [9.17, 15) is 27.2 Å². The van der Waals surface area contributed by atoms with Crippen LogP contribution in [-0.4, -0.2) is 25.0 Å². The number of ketones is 1. The fourth-order valence-electron chi connectivity index (χ4n) is 5.05. The molecule has 5 rings (SSSR count). The quantitative estimate of drug-likeness (QED) is 0.421. The van der Waals surface area contributed by atoms with E-state index in [0.717, 1.165) is 17.7 Å². The number of fused-ring (bicyclic) bond motifs is 1. The number of hydrogen-bond donors (Lipinski definition) is 1. The van der Waals surface area contributed by atoms with E-state index in [1.165, 1.54) is 24.3 Å². The van der Waals surface area contributed by atoms with Gasteiger partial charge in [-0.2, -0.15) is 13.2 Å². The number of hydrogen-bond acceptors (Lipinski definition) is 4. The zero-order valence-electron chi connectivity index (χ0n) is 19.7. The smallest absolute Gasteiger partial charge is 0.471 e. The van der Waals surface area contributed by atoms with Crippen molar-refractivity contribution in [1.29, 1.82) is 0 Å². The van der Waals surface area contributed by atoms with Crippen molar-refractivity contribution in [3.63, 3.8) is 0 Å². The Kier molecular flexibility index (Phi) is 6.23. The molecule has 0 unspecified atom stereocenters. The Morgan fingerprint density at radius 3 is 2.38 bits per heavy atom. The van der Waals surface area contributed by atoms with E-state index in [-0.39, 0.29) is 34.9 Å². The van der Waals surface area contributed by atoms with Gasteiger partial charge in [-0.3, -0.25) is 14.5 Å². The van der Waals surface area contributed by atoms with Crippen molar-refractivity contribution in [3.8, 4) is 5.75 Å². The van der Waals surface area contributed by atoms with Crippen LogP contribution < -0.4 is 15.0 Å². The van der Waals surface area contributed by atoms with Gasteiger partial charge in [0.2, 0.25) is 0 Å². The number of allylic oxidation sites excluding steroid dienone is 1. The first-order chi connectivity index (χ1) is 17.7. The van der Waals surface area contributed by atoms with Gasteiger partial charge in [0.15, 0.2) is 5.78 Å². The first-order valence-corrected chi connectivity index (χ1v) is 11.6. The standard InChI is InChI=1S/C28H22F4N2O3/c1-37-20-11-9-16(10-12-20)18-14-22-25(24(35)15-18)26(17-5-4-6-19(29)13-17)34(27(36)28(30,31)32)23-8-3-2-7-21(23)33-22/h2-13,18,26,33H,14-15H2,1H3/t18-,26-/m0/s1. The Morgan fingerprint density at radius 1 is 0.973 bits per heavy atom. The van der Waals surface area contributed by atoms with Crippen LogP contribution in [0.25, 0.3) is 0 Å². The zero-order chi connectivity index (χ0) is 26.3. The number of anilines is 2. The Hall–Kier alpha value is -4.14. The highest BCUT2D eigenvalue weighted by atomic mass is 19.4. The largest absolute Gasteiger partial charge is 0.497 e. The predicted octanol–water partition coefficient (Wildman–Crippen LogP) is 6.30. The second-order valence-electron chi connectivity index (χ2n) is 8.97. The minimum atomic E-state index is -5.23. The van der Waals surface area contributed by atoms with Gasteiger partial charge in [0.1, 0.15) is 11.6 Å². The van der Waals surface area contributed by atoms with Crippen LogP contribution in [-0.2, 0) is 9.59 Å². The van der Waals surface area contributed by atoms with Gasteiger partial charge in [-0.1, -0.05) is 36.4 Å². The van der Waals surface area contributed by atoms with Crippen molar-refractivity contribution in [3.05, 3.63) is 101 Å². The van der Waals surface area contributed by atoms with Crippen molar-refractivity contribution in [2.75, 3.05) is 17.3 Å². The highest BCUT2D eigenvalue weighted by molar-refractivity contribution is 6.07. The number of alkyl halides is 3. The number of methoxy groups -OCH3 is 1. The third-order valence-electron chi connectivity index (χ3n) is 6.70. The van der Waals surface area contributed by atoms with Crippen molar-refractivity contribution in [2.24, 2.45) is 0 Å². The summed E-state index contributed by atoms with van der Waals surface area (Å²) in [5.41, 5.74) is 1.54. The molecule has 0 saturated heterocycles. The Bertz CT molecular complexity index is 1400. The molecule has 0 spiro atoms. The monoisotopic (exact) mass is 510 g/mol. The van der Waals surface area contributed by atoms with Gasteiger partial charge < -0.3 is 10.1 Å². The second kappa shape index (κ2) is 9.38. The van der Waals surface area contributed by atoms with E-state index in [1.54, 1.807) is 31.4 Å². The van der Waals surface area contributed by atoms with Crippen molar-refractivity contribution in [1.82, 2.24) is 0 Å². The van der Waals surface area contributed by atoms with Gasteiger partial charge in [0, 0.05) is 17.7 Å². The number of Topliss-reactive ketones (excluding diaryl/α,β-unsaturated/α-hetero) is 1. The molecule has 5 nitrogen and oxygen atoms in total. The summed E-state index contributed by atoms with van der Waals surface area (Å²) in [6, 6.07) is 16.8. The van der Waals surface area contributed by atoms with Crippen LogP contribution in [0.1, 0.15) is 35.9 Å². The van der Waals surface area contributed by atoms with Crippen LogP contribution in [0.3, 0.4) is 0 Å². The van der Waals surface area contributed by atoms with Crippen LogP contribution in [0.4, 0.5) is 28.9 Å². The van der Waals surface area contributed by atoms with Crippen molar-refractivity contribution < 1.29 is 31.9 Å². The lowest BCUT2D eigenvalue weighted by atomic mass is 9.78. The molecule has 0 bridgehead atoms. The number of carbonyl (C=O) groups excluding carboxylic acids is 2. The molecule has 1 aliphatic heterocycles. The van der Waals surface area contributed by atoms with Gasteiger partial charge in [0.05, 0.1) is 24.5 Å². The SMILES string of the molecule is COc1ccc([C@@H]2CC(=O)C3=C(C2)Nc2ccccc2N(C(=O)C(F)(F)F)[C@H]3c2cccc(F)c2)cc1. The predicted molar refractivity (Wildman–Crippen MR) is 130 cm³/mol. The molecule has 190 valence electrons. The minimum Gasteiger partial charge on any atom is -0.497 e. The first kappa shape index (κ1) is 24.5. The Labute approximate surface area is 210 Å². The van der Waals surface area contributed by atoms with Gasteiger partial charge in [-0.25, -0.2) is 4.39 Å². The molecule has 37 heavy (non-hydrogen) atoms. The molecule has 2 aliphatic rings. The van der Waals surface area contributed by atoms with Crippen LogP contribution in [0.15, 0.2) is 84.1 Å². The van der Waals surface area contributed by atoms with E-state index >= 15 is 0 Å². The summed E-state index contributed by atoms with van der Waals surface area (Å²) in [4.78, 5) is 27.1. The number of benzene rings is 3. The maximum Gasteiger partial charge on any atom is 0.471 e. The van der Waals surface area contributed by atoms with Crippen LogP contribution in [0.2, 0.25) is 0 Å².